The Morgan fingerprint density at radius 3 is 2.82 bits per heavy atom. The van der Waals surface area contributed by atoms with Gasteiger partial charge in [-0.25, -0.2) is 4.39 Å². The lowest BCUT2D eigenvalue weighted by atomic mass is 9.97. The fraction of sp³-hybridized carbons (Fsp3) is 0.500. The smallest absolute Gasteiger partial charge is 0.307 e. The van der Waals surface area contributed by atoms with Gasteiger partial charge in [-0.1, -0.05) is 6.07 Å². The maximum atomic E-state index is 13.5. The summed E-state index contributed by atoms with van der Waals surface area (Å²) in [4.78, 5) is 25.2. The van der Waals surface area contributed by atoms with Crippen LogP contribution in [-0.4, -0.2) is 41.0 Å². The van der Waals surface area contributed by atoms with E-state index in [2.05, 4.69) is 5.32 Å². The van der Waals surface area contributed by atoms with E-state index in [1.807, 2.05) is 4.90 Å². The fourth-order valence-electron chi connectivity index (χ4n) is 2.64. The van der Waals surface area contributed by atoms with Gasteiger partial charge in [0.2, 0.25) is 5.91 Å². The molecule has 1 aliphatic heterocycles. The molecule has 2 N–H and O–H groups in total. The normalized spacial score (nSPS) is 20.4. The van der Waals surface area contributed by atoms with Crippen LogP contribution in [0.2, 0.25) is 0 Å². The van der Waals surface area contributed by atoms with Gasteiger partial charge in [0.15, 0.2) is 0 Å². The van der Waals surface area contributed by atoms with Crippen LogP contribution >= 0.6 is 0 Å². The van der Waals surface area contributed by atoms with Crippen LogP contribution in [0.25, 0.3) is 0 Å². The number of carbonyl (C=O) groups excluding carboxylic acids is 1. The van der Waals surface area contributed by atoms with Crippen LogP contribution < -0.4 is 5.32 Å². The lowest BCUT2D eigenvalue weighted by Crippen LogP contribution is -2.48. The summed E-state index contributed by atoms with van der Waals surface area (Å²) in [6.45, 7) is 4.46. The summed E-state index contributed by atoms with van der Waals surface area (Å²) in [7, 11) is 0. The number of aryl methyl sites for hydroxylation is 1. The third-order valence-electron chi connectivity index (χ3n) is 4.17. The second-order valence-corrected chi connectivity index (χ2v) is 5.80. The van der Waals surface area contributed by atoms with Crippen LogP contribution in [0.3, 0.4) is 0 Å². The van der Waals surface area contributed by atoms with Crippen LogP contribution in [0, 0.1) is 18.7 Å². The Balaban J connectivity index is 1.99. The minimum Gasteiger partial charge on any atom is -0.481 e. The Bertz CT molecular complexity index is 577. The maximum absolute atomic E-state index is 13.5. The van der Waals surface area contributed by atoms with Gasteiger partial charge in [0.05, 0.1) is 12.0 Å². The molecular formula is C16H21FN2O3. The lowest BCUT2D eigenvalue weighted by Gasteiger charge is -2.34. The van der Waals surface area contributed by atoms with Gasteiger partial charge in [-0.2, -0.15) is 0 Å². The van der Waals surface area contributed by atoms with Crippen molar-refractivity contribution in [2.75, 3.05) is 18.4 Å². The first-order valence-corrected chi connectivity index (χ1v) is 7.42. The van der Waals surface area contributed by atoms with Gasteiger partial charge in [0, 0.05) is 12.2 Å². The summed E-state index contributed by atoms with van der Waals surface area (Å²) < 4.78 is 13.5. The number of nitrogens with one attached hydrogen (secondary N) is 1. The average Bonchev–Trinajstić information content (AvgIpc) is 2.50. The molecule has 1 heterocycles. The number of hydrogen-bond donors (Lipinski definition) is 2. The van der Waals surface area contributed by atoms with Crippen molar-refractivity contribution in [3.8, 4) is 0 Å². The van der Waals surface area contributed by atoms with E-state index >= 15 is 0 Å². The Morgan fingerprint density at radius 1 is 1.45 bits per heavy atom. The number of nitrogens with zero attached hydrogens (tertiary/aromatic N) is 1. The van der Waals surface area contributed by atoms with E-state index in [-0.39, 0.29) is 11.7 Å². The Kier molecular flexibility index (Phi) is 5.13. The van der Waals surface area contributed by atoms with E-state index in [9.17, 15) is 14.0 Å². The Labute approximate surface area is 129 Å². The van der Waals surface area contributed by atoms with Gasteiger partial charge in [-0.3, -0.25) is 14.5 Å². The highest BCUT2D eigenvalue weighted by Crippen LogP contribution is 2.20. The third kappa shape index (κ3) is 3.82. The lowest BCUT2D eigenvalue weighted by molar-refractivity contribution is -0.144. The highest BCUT2D eigenvalue weighted by atomic mass is 19.1. The van der Waals surface area contributed by atoms with Crippen LogP contribution in [0.5, 0.6) is 0 Å². The highest BCUT2D eigenvalue weighted by molar-refractivity contribution is 5.94. The number of benzene rings is 1. The molecule has 2 atom stereocenters. The summed E-state index contributed by atoms with van der Waals surface area (Å²) in [6, 6.07) is 4.10. The fourth-order valence-corrected chi connectivity index (χ4v) is 2.64. The molecule has 5 nitrogen and oxygen atoms in total. The number of aliphatic carboxylic acids is 1. The van der Waals surface area contributed by atoms with Crippen molar-refractivity contribution in [1.82, 2.24) is 4.90 Å². The molecule has 1 aliphatic rings. The number of rotatable bonds is 4. The third-order valence-corrected chi connectivity index (χ3v) is 4.17. The standard InChI is InChI=1S/C16H21FN2O3/c1-10-5-6-13(8-14(10)17)18-15(20)11(2)19-7-3-4-12(9-19)16(21)22/h5-6,8,11-12H,3-4,7,9H2,1-2H3,(H,18,20)(H,21,22). The number of piperidine rings is 1. The molecule has 1 amide bonds. The molecule has 1 fully saturated rings. The summed E-state index contributed by atoms with van der Waals surface area (Å²) in [5.74, 6) is -1.87. The molecule has 1 saturated heterocycles. The van der Waals surface area contributed by atoms with Crippen LogP contribution in [0.4, 0.5) is 10.1 Å². The zero-order chi connectivity index (χ0) is 16.3. The Morgan fingerprint density at radius 2 is 2.18 bits per heavy atom. The molecule has 0 aliphatic carbocycles. The number of amides is 1. The average molecular weight is 308 g/mol. The van der Waals surface area contributed by atoms with Crippen molar-refractivity contribution >= 4 is 17.6 Å². The summed E-state index contributed by atoms with van der Waals surface area (Å²) in [6.07, 6.45) is 1.40. The van der Waals surface area contributed by atoms with Gasteiger partial charge in [-0.15, -0.1) is 0 Å². The predicted octanol–water partition coefficient (Wildman–Crippen LogP) is 2.26. The molecule has 0 spiro atoms. The van der Waals surface area contributed by atoms with Crippen molar-refractivity contribution in [1.29, 1.82) is 0 Å². The number of hydrogen-bond acceptors (Lipinski definition) is 3. The molecule has 0 radical (unpaired) electrons. The predicted molar refractivity (Wildman–Crippen MR) is 81.2 cm³/mol. The number of carboxylic acids is 1. The zero-order valence-corrected chi connectivity index (χ0v) is 12.8. The van der Waals surface area contributed by atoms with Gasteiger partial charge < -0.3 is 10.4 Å². The number of carboxylic acid groups (broad SMARTS) is 1. The maximum Gasteiger partial charge on any atom is 0.307 e. The van der Waals surface area contributed by atoms with E-state index < -0.39 is 17.9 Å². The van der Waals surface area contributed by atoms with E-state index in [0.717, 1.165) is 6.42 Å². The molecule has 6 heteroatoms. The highest BCUT2D eigenvalue weighted by Gasteiger charge is 2.30. The second kappa shape index (κ2) is 6.87. The molecule has 120 valence electrons. The van der Waals surface area contributed by atoms with E-state index in [1.54, 1.807) is 26.0 Å². The van der Waals surface area contributed by atoms with Crippen LogP contribution in [0.15, 0.2) is 18.2 Å². The molecule has 2 rings (SSSR count). The first-order chi connectivity index (χ1) is 10.4. The monoisotopic (exact) mass is 308 g/mol. The minimum absolute atomic E-state index is 0.255. The molecule has 2 unspecified atom stereocenters. The minimum atomic E-state index is -0.821. The number of likely N-dealkylation sites (tertiary alicyclic amines) is 1. The summed E-state index contributed by atoms with van der Waals surface area (Å²) in [5.41, 5.74) is 0.929. The topological polar surface area (TPSA) is 69.6 Å². The van der Waals surface area contributed by atoms with E-state index in [4.69, 9.17) is 5.11 Å². The van der Waals surface area contributed by atoms with Gasteiger partial charge in [-0.05, 0) is 50.9 Å². The molecule has 0 aromatic heterocycles. The summed E-state index contributed by atoms with van der Waals surface area (Å²) in [5, 5.41) is 11.8. The Hall–Kier alpha value is -1.95. The van der Waals surface area contributed by atoms with Gasteiger partial charge >= 0.3 is 5.97 Å². The molecule has 22 heavy (non-hydrogen) atoms. The van der Waals surface area contributed by atoms with E-state index in [1.165, 1.54) is 6.07 Å². The second-order valence-electron chi connectivity index (χ2n) is 5.80. The molecule has 0 saturated carbocycles. The van der Waals surface area contributed by atoms with Gasteiger partial charge in [0.1, 0.15) is 5.82 Å². The van der Waals surface area contributed by atoms with Crippen molar-refractivity contribution in [2.24, 2.45) is 5.92 Å². The molecule has 1 aromatic carbocycles. The first-order valence-electron chi connectivity index (χ1n) is 7.42. The molecule has 1 aromatic rings. The quantitative estimate of drug-likeness (QED) is 0.895. The van der Waals surface area contributed by atoms with Crippen molar-refractivity contribution in [3.63, 3.8) is 0 Å². The van der Waals surface area contributed by atoms with Crippen molar-refractivity contribution in [2.45, 2.75) is 32.7 Å². The SMILES string of the molecule is Cc1ccc(NC(=O)C(C)N2CCCC(C(=O)O)C2)cc1F. The molecular weight excluding hydrogens is 287 g/mol. The van der Waals surface area contributed by atoms with E-state index in [0.29, 0.717) is 30.8 Å². The summed E-state index contributed by atoms with van der Waals surface area (Å²) >= 11 is 0. The van der Waals surface area contributed by atoms with Crippen LogP contribution in [-0.2, 0) is 9.59 Å². The number of anilines is 1. The van der Waals surface area contributed by atoms with Crippen molar-refractivity contribution < 1.29 is 19.1 Å². The zero-order valence-electron chi connectivity index (χ0n) is 12.8. The first kappa shape index (κ1) is 16.4. The number of halogens is 1. The van der Waals surface area contributed by atoms with Gasteiger partial charge in [0.25, 0.3) is 0 Å². The molecule has 0 bridgehead atoms. The van der Waals surface area contributed by atoms with Crippen LogP contribution in [0.1, 0.15) is 25.3 Å². The largest absolute Gasteiger partial charge is 0.481 e. The van der Waals surface area contributed by atoms with Crippen molar-refractivity contribution in [3.05, 3.63) is 29.6 Å². The number of carbonyl (C=O) groups is 2.